The summed E-state index contributed by atoms with van der Waals surface area (Å²) in [6, 6.07) is 21.8. The van der Waals surface area contributed by atoms with Crippen molar-refractivity contribution in [3.8, 4) is 0 Å². The van der Waals surface area contributed by atoms with Gasteiger partial charge in [-0.1, -0.05) is 99.7 Å². The van der Waals surface area contributed by atoms with Gasteiger partial charge in [0.2, 0.25) is 0 Å². The van der Waals surface area contributed by atoms with E-state index in [-0.39, 0.29) is 11.6 Å². The second-order valence-corrected chi connectivity index (χ2v) is 7.79. The highest BCUT2D eigenvalue weighted by Crippen LogP contribution is 2.37. The Bertz CT molecular complexity index is 611. The van der Waals surface area contributed by atoms with Crippen LogP contribution in [0.25, 0.3) is 0 Å². The molecule has 2 atom stereocenters. The van der Waals surface area contributed by atoms with E-state index in [0.29, 0.717) is 0 Å². The van der Waals surface area contributed by atoms with Gasteiger partial charge < -0.3 is 11.1 Å². The topological polar surface area (TPSA) is 38.0 Å². The fourth-order valence-corrected chi connectivity index (χ4v) is 4.21. The molecule has 0 bridgehead atoms. The zero-order valence-electron chi connectivity index (χ0n) is 17.3. The highest BCUT2D eigenvalue weighted by molar-refractivity contribution is 5.27. The average Bonchev–Trinajstić information content (AvgIpc) is 2.73. The van der Waals surface area contributed by atoms with E-state index < -0.39 is 0 Å². The zero-order valence-corrected chi connectivity index (χ0v) is 17.3. The lowest BCUT2D eigenvalue weighted by atomic mass is 9.70. The summed E-state index contributed by atoms with van der Waals surface area (Å²) in [6.45, 7) is 2.27. The van der Waals surface area contributed by atoms with E-state index in [1.807, 2.05) is 7.05 Å². The fourth-order valence-electron chi connectivity index (χ4n) is 4.21. The van der Waals surface area contributed by atoms with Crippen molar-refractivity contribution in [1.82, 2.24) is 5.32 Å². The Hall–Kier alpha value is -1.64. The molecule has 2 aromatic carbocycles. The largest absolute Gasteiger partial charge is 0.315 e. The molecule has 2 unspecified atom stereocenters. The van der Waals surface area contributed by atoms with Gasteiger partial charge in [0.1, 0.15) is 0 Å². The third-order valence-corrected chi connectivity index (χ3v) is 5.91. The molecule has 0 saturated heterocycles. The Balaban J connectivity index is 1.93. The van der Waals surface area contributed by atoms with E-state index in [9.17, 15) is 0 Å². The number of hydrogen-bond donors (Lipinski definition) is 2. The van der Waals surface area contributed by atoms with Crippen LogP contribution >= 0.6 is 0 Å². The summed E-state index contributed by atoms with van der Waals surface area (Å²) in [5.41, 5.74) is 9.51. The smallest absolute Gasteiger partial charge is 0.0643 e. The van der Waals surface area contributed by atoms with E-state index in [4.69, 9.17) is 5.73 Å². The summed E-state index contributed by atoms with van der Waals surface area (Å²) >= 11 is 0. The summed E-state index contributed by atoms with van der Waals surface area (Å²) in [5, 5.41) is 3.36. The van der Waals surface area contributed by atoms with Gasteiger partial charge in [0.05, 0.1) is 6.17 Å². The maximum Gasteiger partial charge on any atom is 0.0643 e. The minimum Gasteiger partial charge on any atom is -0.315 e. The molecule has 0 amide bonds. The molecule has 0 aliphatic carbocycles. The third kappa shape index (κ3) is 6.48. The molecule has 2 rings (SSSR count). The first-order valence-corrected chi connectivity index (χ1v) is 10.7. The van der Waals surface area contributed by atoms with E-state index in [2.05, 4.69) is 72.9 Å². The minimum absolute atomic E-state index is 0.00392. The normalized spacial score (nSPS) is 14.6. The van der Waals surface area contributed by atoms with Crippen molar-refractivity contribution in [2.24, 2.45) is 5.73 Å². The van der Waals surface area contributed by atoms with Crippen LogP contribution in [0.15, 0.2) is 60.7 Å². The lowest BCUT2D eigenvalue weighted by molar-refractivity contribution is 0.253. The van der Waals surface area contributed by atoms with Crippen LogP contribution in [0.5, 0.6) is 0 Å². The first-order valence-electron chi connectivity index (χ1n) is 10.7. The molecule has 2 aromatic rings. The van der Waals surface area contributed by atoms with Crippen molar-refractivity contribution in [3.05, 3.63) is 71.8 Å². The zero-order chi connectivity index (χ0) is 19.4. The van der Waals surface area contributed by atoms with Crippen LogP contribution in [0.1, 0.15) is 69.4 Å². The molecule has 0 saturated carbocycles. The van der Waals surface area contributed by atoms with Gasteiger partial charge in [0.25, 0.3) is 0 Å². The molecule has 0 heterocycles. The quantitative estimate of drug-likeness (QED) is 0.347. The number of benzene rings is 2. The lowest BCUT2D eigenvalue weighted by Crippen LogP contribution is -2.53. The number of aryl methyl sites for hydroxylation is 1. The van der Waals surface area contributed by atoms with Gasteiger partial charge in [0, 0.05) is 5.41 Å². The summed E-state index contributed by atoms with van der Waals surface area (Å²) in [4.78, 5) is 0. The lowest BCUT2D eigenvalue weighted by Gasteiger charge is -2.40. The summed E-state index contributed by atoms with van der Waals surface area (Å²) in [6.07, 6.45) is 11.0. The summed E-state index contributed by atoms with van der Waals surface area (Å²) in [5.74, 6) is 0. The van der Waals surface area contributed by atoms with Crippen molar-refractivity contribution in [1.29, 1.82) is 0 Å². The third-order valence-electron chi connectivity index (χ3n) is 5.91. The van der Waals surface area contributed by atoms with Crippen LogP contribution in [0.4, 0.5) is 0 Å². The van der Waals surface area contributed by atoms with Gasteiger partial charge in [-0.3, -0.25) is 0 Å². The fraction of sp³-hybridized carbons (Fsp3) is 0.520. The van der Waals surface area contributed by atoms with Gasteiger partial charge in [0.15, 0.2) is 0 Å². The maximum absolute atomic E-state index is 6.63. The molecule has 2 heteroatoms. The predicted molar refractivity (Wildman–Crippen MR) is 118 cm³/mol. The molecule has 0 spiro atoms. The van der Waals surface area contributed by atoms with E-state index in [1.54, 1.807) is 0 Å². The van der Waals surface area contributed by atoms with Gasteiger partial charge in [-0.2, -0.15) is 0 Å². The first-order chi connectivity index (χ1) is 13.2. The van der Waals surface area contributed by atoms with Gasteiger partial charge in [-0.05, 0) is 43.9 Å². The van der Waals surface area contributed by atoms with Gasteiger partial charge in [-0.15, -0.1) is 0 Å². The molecule has 2 nitrogen and oxygen atoms in total. The van der Waals surface area contributed by atoms with E-state index in [1.165, 1.54) is 56.1 Å². The molecular weight excluding hydrogens is 328 g/mol. The number of nitrogens with two attached hydrogens (primary N) is 1. The molecule has 0 radical (unpaired) electrons. The van der Waals surface area contributed by atoms with Crippen molar-refractivity contribution in [2.45, 2.75) is 76.3 Å². The number of unbranched alkanes of at least 4 members (excludes halogenated alkanes) is 4. The molecule has 0 aromatic heterocycles. The first kappa shape index (κ1) is 21.7. The van der Waals surface area contributed by atoms with Crippen molar-refractivity contribution < 1.29 is 0 Å². The van der Waals surface area contributed by atoms with Crippen LogP contribution in [0.3, 0.4) is 0 Å². The maximum atomic E-state index is 6.63. The van der Waals surface area contributed by atoms with Crippen molar-refractivity contribution in [3.63, 3.8) is 0 Å². The SMILES string of the molecule is CCCCC(CCCCCCc1ccccc1)(c1ccccc1)C(N)NC. The van der Waals surface area contributed by atoms with Crippen LogP contribution in [-0.4, -0.2) is 13.2 Å². The van der Waals surface area contributed by atoms with Gasteiger partial charge in [-0.25, -0.2) is 0 Å². The molecule has 0 fully saturated rings. The molecule has 3 N–H and O–H groups in total. The molecule has 148 valence electrons. The molecule has 0 aliphatic rings. The van der Waals surface area contributed by atoms with Gasteiger partial charge >= 0.3 is 0 Å². The van der Waals surface area contributed by atoms with E-state index >= 15 is 0 Å². The summed E-state index contributed by atoms with van der Waals surface area (Å²) in [7, 11) is 1.99. The number of rotatable bonds is 13. The second-order valence-electron chi connectivity index (χ2n) is 7.79. The Morgan fingerprint density at radius 2 is 1.41 bits per heavy atom. The monoisotopic (exact) mass is 366 g/mol. The van der Waals surface area contributed by atoms with Crippen LogP contribution in [0, 0.1) is 0 Å². The summed E-state index contributed by atoms with van der Waals surface area (Å²) < 4.78 is 0. The van der Waals surface area contributed by atoms with Crippen molar-refractivity contribution >= 4 is 0 Å². The highest BCUT2D eigenvalue weighted by atomic mass is 15.0. The minimum atomic E-state index is -0.00392. The average molecular weight is 367 g/mol. The van der Waals surface area contributed by atoms with Crippen LogP contribution < -0.4 is 11.1 Å². The molecular formula is C25H38N2. The van der Waals surface area contributed by atoms with Crippen molar-refractivity contribution in [2.75, 3.05) is 7.05 Å². The molecule has 0 aliphatic heterocycles. The van der Waals surface area contributed by atoms with Crippen LogP contribution in [-0.2, 0) is 11.8 Å². The Morgan fingerprint density at radius 1 is 0.815 bits per heavy atom. The highest BCUT2D eigenvalue weighted by Gasteiger charge is 2.36. The standard InChI is InChI=1S/C25H38N2/c1-3-4-20-25(24(26)27-2,23-18-12-8-13-19-23)21-14-6-5-9-15-22-16-10-7-11-17-22/h7-8,10-13,16-19,24,27H,3-6,9,14-15,20-21,26H2,1-2H3. The Labute approximate surface area is 166 Å². The van der Waals surface area contributed by atoms with Crippen LogP contribution in [0.2, 0.25) is 0 Å². The number of nitrogens with one attached hydrogen (secondary N) is 1. The number of likely N-dealkylation sites (N-methyl/N-ethyl adjacent to an activating group) is 1. The predicted octanol–water partition coefficient (Wildman–Crippen LogP) is 5.81. The Morgan fingerprint density at radius 3 is 2.04 bits per heavy atom. The Kier molecular flexibility index (Phi) is 9.58. The number of hydrogen-bond acceptors (Lipinski definition) is 2. The second kappa shape index (κ2) is 11.9. The molecule has 27 heavy (non-hydrogen) atoms. The van der Waals surface area contributed by atoms with E-state index in [0.717, 1.165) is 12.8 Å².